The summed E-state index contributed by atoms with van der Waals surface area (Å²) in [7, 11) is -0.527. The van der Waals surface area contributed by atoms with Crippen molar-refractivity contribution >= 4 is 26.3 Å². The van der Waals surface area contributed by atoms with Crippen LogP contribution in [0.2, 0.25) is 0 Å². The Morgan fingerprint density at radius 3 is 2.52 bits per heavy atom. The van der Waals surface area contributed by atoms with Gasteiger partial charge in [-0.1, -0.05) is 23.8 Å². The van der Waals surface area contributed by atoms with Gasteiger partial charge in [-0.2, -0.15) is 0 Å². The quantitative estimate of drug-likeness (QED) is 0.539. The van der Waals surface area contributed by atoms with Gasteiger partial charge in [0.05, 0.1) is 25.2 Å². The minimum atomic E-state index is -3.53. The van der Waals surface area contributed by atoms with Crippen molar-refractivity contribution in [2.75, 3.05) is 32.2 Å². The Morgan fingerprint density at radius 2 is 1.84 bits per heavy atom. The predicted molar refractivity (Wildman–Crippen MR) is 124 cm³/mol. The first-order chi connectivity index (χ1) is 14.9. The molecular formula is C23H26N2O4S2. The van der Waals surface area contributed by atoms with Crippen LogP contribution >= 0.6 is 11.3 Å². The summed E-state index contributed by atoms with van der Waals surface area (Å²) in [6, 6.07) is 13.2. The van der Waals surface area contributed by atoms with Crippen LogP contribution in [0.3, 0.4) is 0 Å². The SMILES string of the molecule is COc1ccc(OC)c(S(=O)(=O)C2CCN(c3nc(-c4cccc(C)c4)cs3)CC2)c1. The second-order valence-corrected chi connectivity index (χ2v) is 10.7. The van der Waals surface area contributed by atoms with E-state index < -0.39 is 15.1 Å². The summed E-state index contributed by atoms with van der Waals surface area (Å²) in [5, 5.41) is 2.54. The molecule has 1 saturated heterocycles. The highest BCUT2D eigenvalue weighted by Gasteiger charge is 2.34. The van der Waals surface area contributed by atoms with Gasteiger partial charge in [-0.25, -0.2) is 13.4 Å². The predicted octanol–water partition coefficient (Wildman–Crippen LogP) is 4.58. The number of hydrogen-bond donors (Lipinski definition) is 0. The largest absolute Gasteiger partial charge is 0.497 e. The number of thiazole rings is 1. The van der Waals surface area contributed by atoms with E-state index in [1.54, 1.807) is 29.5 Å². The Balaban J connectivity index is 1.49. The second-order valence-electron chi connectivity index (χ2n) is 7.63. The smallest absolute Gasteiger partial charge is 0.185 e. The highest BCUT2D eigenvalue weighted by Crippen LogP contribution is 2.35. The van der Waals surface area contributed by atoms with Gasteiger partial charge in [0, 0.05) is 30.1 Å². The number of anilines is 1. The average molecular weight is 459 g/mol. The molecule has 0 bridgehead atoms. The molecule has 4 rings (SSSR count). The first-order valence-corrected chi connectivity index (χ1v) is 12.6. The van der Waals surface area contributed by atoms with Crippen molar-refractivity contribution in [2.24, 2.45) is 0 Å². The number of piperidine rings is 1. The molecule has 0 atom stereocenters. The molecular weight excluding hydrogens is 432 g/mol. The Morgan fingerprint density at radius 1 is 1.06 bits per heavy atom. The molecule has 1 aromatic heterocycles. The molecule has 1 aliphatic heterocycles. The van der Waals surface area contributed by atoms with Gasteiger partial charge in [-0.15, -0.1) is 11.3 Å². The Kier molecular flexibility index (Phi) is 6.20. The summed E-state index contributed by atoms with van der Waals surface area (Å²) in [5.74, 6) is 0.856. The second kappa shape index (κ2) is 8.88. The van der Waals surface area contributed by atoms with Crippen LogP contribution in [0.4, 0.5) is 5.13 Å². The van der Waals surface area contributed by atoms with E-state index in [9.17, 15) is 8.42 Å². The number of aryl methyl sites for hydroxylation is 1. The summed E-state index contributed by atoms with van der Waals surface area (Å²) in [6.07, 6.45) is 1.09. The minimum Gasteiger partial charge on any atom is -0.497 e. The maximum atomic E-state index is 13.3. The van der Waals surface area contributed by atoms with Crippen molar-refractivity contribution < 1.29 is 17.9 Å². The first-order valence-electron chi connectivity index (χ1n) is 10.2. The number of aromatic nitrogens is 1. The zero-order chi connectivity index (χ0) is 22.0. The van der Waals surface area contributed by atoms with E-state index in [1.807, 2.05) is 6.07 Å². The van der Waals surface area contributed by atoms with E-state index in [1.165, 1.54) is 19.8 Å². The van der Waals surface area contributed by atoms with E-state index >= 15 is 0 Å². The molecule has 0 N–H and O–H groups in total. The Labute approximate surface area is 187 Å². The Hall–Kier alpha value is -2.58. The third-order valence-electron chi connectivity index (χ3n) is 5.63. The summed E-state index contributed by atoms with van der Waals surface area (Å²) in [6.45, 7) is 3.37. The van der Waals surface area contributed by atoms with Gasteiger partial charge in [0.2, 0.25) is 0 Å². The summed E-state index contributed by atoms with van der Waals surface area (Å²) >= 11 is 1.60. The molecule has 0 spiro atoms. The van der Waals surface area contributed by atoms with Crippen LogP contribution in [0.1, 0.15) is 18.4 Å². The maximum absolute atomic E-state index is 13.3. The van der Waals surface area contributed by atoms with Crippen molar-refractivity contribution in [3.8, 4) is 22.8 Å². The number of rotatable bonds is 6. The molecule has 0 saturated carbocycles. The Bertz CT molecular complexity index is 1170. The van der Waals surface area contributed by atoms with Crippen LogP contribution in [0.25, 0.3) is 11.3 Å². The molecule has 0 aliphatic carbocycles. The standard InChI is InChI=1S/C23H26N2O4S2/c1-16-5-4-6-17(13-16)20-15-30-23(24-20)25-11-9-19(10-12-25)31(26,27)22-14-18(28-2)7-8-21(22)29-3/h4-8,13-15,19H,9-12H2,1-3H3. The monoisotopic (exact) mass is 458 g/mol. The maximum Gasteiger partial charge on any atom is 0.185 e. The van der Waals surface area contributed by atoms with Crippen LogP contribution in [0.5, 0.6) is 11.5 Å². The average Bonchev–Trinajstić information content (AvgIpc) is 3.29. The van der Waals surface area contributed by atoms with Gasteiger partial charge in [-0.05, 0) is 38.0 Å². The topological polar surface area (TPSA) is 68.7 Å². The molecule has 2 heterocycles. The van der Waals surface area contributed by atoms with Gasteiger partial charge in [-0.3, -0.25) is 0 Å². The number of sulfone groups is 1. The van der Waals surface area contributed by atoms with Crippen LogP contribution in [-0.2, 0) is 9.84 Å². The van der Waals surface area contributed by atoms with E-state index in [4.69, 9.17) is 14.5 Å². The van der Waals surface area contributed by atoms with Crippen molar-refractivity contribution in [3.05, 3.63) is 53.4 Å². The van der Waals surface area contributed by atoms with Gasteiger partial charge in [0.1, 0.15) is 16.4 Å². The fourth-order valence-corrected chi connectivity index (χ4v) is 6.68. The third-order valence-corrected chi connectivity index (χ3v) is 8.82. The normalized spacial score (nSPS) is 15.1. The number of hydrogen-bond acceptors (Lipinski definition) is 7. The summed E-state index contributed by atoms with van der Waals surface area (Å²) < 4.78 is 37.2. The van der Waals surface area contributed by atoms with Crippen molar-refractivity contribution in [2.45, 2.75) is 29.9 Å². The molecule has 164 valence electrons. The number of methoxy groups -OCH3 is 2. The number of ether oxygens (including phenoxy) is 2. The van der Waals surface area contributed by atoms with Crippen LogP contribution in [0.15, 0.2) is 52.7 Å². The third kappa shape index (κ3) is 4.41. The minimum absolute atomic E-state index is 0.198. The van der Waals surface area contributed by atoms with Gasteiger partial charge >= 0.3 is 0 Å². The molecule has 31 heavy (non-hydrogen) atoms. The van der Waals surface area contributed by atoms with Crippen LogP contribution < -0.4 is 14.4 Å². The van der Waals surface area contributed by atoms with E-state index in [-0.39, 0.29) is 4.90 Å². The fourth-order valence-electron chi connectivity index (χ4n) is 3.89. The van der Waals surface area contributed by atoms with E-state index in [0.717, 1.165) is 16.4 Å². The molecule has 8 heteroatoms. The molecule has 1 fully saturated rings. The van der Waals surface area contributed by atoms with Crippen molar-refractivity contribution in [1.82, 2.24) is 4.98 Å². The molecule has 0 radical (unpaired) electrons. The lowest BCUT2D eigenvalue weighted by Crippen LogP contribution is -2.39. The summed E-state index contributed by atoms with van der Waals surface area (Å²) in [4.78, 5) is 7.18. The first kappa shape index (κ1) is 21.6. The van der Waals surface area contributed by atoms with Crippen LogP contribution in [-0.4, -0.2) is 46.0 Å². The molecule has 0 amide bonds. The van der Waals surface area contributed by atoms with Crippen molar-refractivity contribution in [3.63, 3.8) is 0 Å². The lowest BCUT2D eigenvalue weighted by Gasteiger charge is -2.31. The molecule has 0 unspecified atom stereocenters. The molecule has 1 aliphatic rings. The lowest BCUT2D eigenvalue weighted by atomic mass is 10.1. The van der Waals surface area contributed by atoms with E-state index in [2.05, 4.69) is 35.4 Å². The highest BCUT2D eigenvalue weighted by molar-refractivity contribution is 7.92. The number of benzene rings is 2. The van der Waals surface area contributed by atoms with Crippen molar-refractivity contribution in [1.29, 1.82) is 0 Å². The number of nitrogens with zero attached hydrogens (tertiary/aromatic N) is 2. The summed E-state index contributed by atoms with van der Waals surface area (Å²) in [5.41, 5.74) is 3.26. The molecule has 2 aromatic carbocycles. The molecule has 3 aromatic rings. The van der Waals surface area contributed by atoms with Gasteiger partial charge in [0.15, 0.2) is 15.0 Å². The highest BCUT2D eigenvalue weighted by atomic mass is 32.2. The zero-order valence-electron chi connectivity index (χ0n) is 17.9. The van der Waals surface area contributed by atoms with Gasteiger partial charge < -0.3 is 14.4 Å². The van der Waals surface area contributed by atoms with E-state index in [0.29, 0.717) is 37.4 Å². The zero-order valence-corrected chi connectivity index (χ0v) is 19.5. The van der Waals surface area contributed by atoms with Gasteiger partial charge in [0.25, 0.3) is 0 Å². The fraction of sp³-hybridized carbons (Fsp3) is 0.348. The molecule has 6 nitrogen and oxygen atoms in total. The van der Waals surface area contributed by atoms with Crippen LogP contribution in [0, 0.1) is 6.92 Å². The lowest BCUT2D eigenvalue weighted by molar-refractivity contribution is 0.391.